The zero-order valence-corrected chi connectivity index (χ0v) is 21.9. The summed E-state index contributed by atoms with van der Waals surface area (Å²) in [7, 11) is 1.94. The van der Waals surface area contributed by atoms with E-state index in [1.807, 2.05) is 66.2 Å². The number of aliphatic hydroxyl groups excluding tert-OH is 1. The van der Waals surface area contributed by atoms with E-state index in [9.17, 15) is 9.90 Å². The molecule has 10 heteroatoms. The Labute approximate surface area is 222 Å². The van der Waals surface area contributed by atoms with Crippen LogP contribution in [0.15, 0.2) is 48.7 Å². The van der Waals surface area contributed by atoms with Crippen molar-refractivity contribution in [2.45, 2.75) is 13.5 Å². The third-order valence-electron chi connectivity index (χ3n) is 6.90. The van der Waals surface area contributed by atoms with Gasteiger partial charge < -0.3 is 34.6 Å². The largest absolute Gasteiger partial charge is 0.392 e. The minimum atomic E-state index is -0.0251. The Morgan fingerprint density at radius 1 is 1.03 bits per heavy atom. The highest BCUT2D eigenvalue weighted by atomic mass is 16.5. The first-order valence-electron chi connectivity index (χ1n) is 12.9. The van der Waals surface area contributed by atoms with Crippen LogP contribution in [0.5, 0.6) is 0 Å². The van der Waals surface area contributed by atoms with Crippen LogP contribution in [0.4, 0.5) is 28.8 Å². The molecule has 3 heterocycles. The monoisotopic (exact) mass is 518 g/mol. The molecule has 2 fully saturated rings. The SMILES string of the molecule is Cc1ccc(CO)cc1N(C)c1ccnc(Nc2cc(C(=O)N3CCOCC3)cc(N3CCOCC3)c2)n1. The van der Waals surface area contributed by atoms with Gasteiger partial charge in [0.05, 0.1) is 33.0 Å². The van der Waals surface area contributed by atoms with Gasteiger partial charge in [0, 0.05) is 62.0 Å². The van der Waals surface area contributed by atoms with E-state index in [2.05, 4.69) is 15.2 Å². The zero-order valence-electron chi connectivity index (χ0n) is 21.9. The number of benzene rings is 2. The summed E-state index contributed by atoms with van der Waals surface area (Å²) in [6.07, 6.45) is 1.71. The molecule has 38 heavy (non-hydrogen) atoms. The van der Waals surface area contributed by atoms with Crippen molar-refractivity contribution < 1.29 is 19.4 Å². The van der Waals surface area contributed by atoms with E-state index >= 15 is 0 Å². The number of carbonyl (C=O) groups is 1. The highest BCUT2D eigenvalue weighted by Gasteiger charge is 2.22. The maximum absolute atomic E-state index is 13.4. The van der Waals surface area contributed by atoms with E-state index in [4.69, 9.17) is 14.5 Å². The topological polar surface area (TPSA) is 103 Å². The van der Waals surface area contributed by atoms with E-state index in [0.717, 1.165) is 41.3 Å². The summed E-state index contributed by atoms with van der Waals surface area (Å²) in [5.41, 5.74) is 5.17. The number of amides is 1. The van der Waals surface area contributed by atoms with Crippen molar-refractivity contribution in [3.63, 3.8) is 0 Å². The van der Waals surface area contributed by atoms with Crippen molar-refractivity contribution in [2.75, 3.05) is 74.8 Å². The van der Waals surface area contributed by atoms with Gasteiger partial charge in [-0.2, -0.15) is 4.98 Å². The fourth-order valence-electron chi connectivity index (χ4n) is 4.72. The van der Waals surface area contributed by atoms with Gasteiger partial charge in [-0.15, -0.1) is 0 Å². The number of aromatic nitrogens is 2. The average Bonchev–Trinajstić information content (AvgIpc) is 2.97. The first-order chi connectivity index (χ1) is 18.5. The number of hydrogen-bond acceptors (Lipinski definition) is 9. The van der Waals surface area contributed by atoms with E-state index in [1.165, 1.54) is 0 Å². The fourth-order valence-corrected chi connectivity index (χ4v) is 4.72. The highest BCUT2D eigenvalue weighted by Crippen LogP contribution is 2.29. The van der Waals surface area contributed by atoms with Gasteiger partial charge in [0.25, 0.3) is 5.91 Å². The van der Waals surface area contributed by atoms with Crippen molar-refractivity contribution in [1.29, 1.82) is 0 Å². The molecule has 5 rings (SSSR count). The number of aliphatic hydroxyl groups is 1. The van der Waals surface area contributed by atoms with E-state index in [0.29, 0.717) is 56.8 Å². The van der Waals surface area contributed by atoms with Crippen molar-refractivity contribution >= 4 is 34.7 Å². The van der Waals surface area contributed by atoms with Crippen LogP contribution in [-0.4, -0.2) is 85.5 Å². The Morgan fingerprint density at radius 3 is 2.50 bits per heavy atom. The molecule has 2 aliphatic heterocycles. The second-order valence-electron chi connectivity index (χ2n) is 9.47. The first kappa shape index (κ1) is 25.9. The fraction of sp³-hybridized carbons (Fsp3) is 0.393. The van der Waals surface area contributed by atoms with Crippen LogP contribution in [0.3, 0.4) is 0 Å². The third kappa shape index (κ3) is 5.88. The number of morpholine rings is 2. The Kier molecular flexibility index (Phi) is 8.02. The van der Waals surface area contributed by atoms with Gasteiger partial charge in [-0.25, -0.2) is 4.98 Å². The molecule has 0 spiro atoms. The predicted octanol–water partition coefficient (Wildman–Crippen LogP) is 3.10. The summed E-state index contributed by atoms with van der Waals surface area (Å²) in [5, 5.41) is 12.9. The maximum Gasteiger partial charge on any atom is 0.254 e. The quantitative estimate of drug-likeness (QED) is 0.488. The summed E-state index contributed by atoms with van der Waals surface area (Å²) < 4.78 is 11.0. The maximum atomic E-state index is 13.4. The Hall–Kier alpha value is -3.73. The van der Waals surface area contributed by atoms with Crippen LogP contribution in [-0.2, 0) is 16.1 Å². The molecule has 0 unspecified atom stereocenters. The van der Waals surface area contributed by atoms with Gasteiger partial charge in [0.15, 0.2) is 0 Å². The van der Waals surface area contributed by atoms with Gasteiger partial charge in [-0.05, 0) is 48.4 Å². The second-order valence-corrected chi connectivity index (χ2v) is 9.47. The van der Waals surface area contributed by atoms with Gasteiger partial charge in [-0.3, -0.25) is 4.79 Å². The van der Waals surface area contributed by atoms with Gasteiger partial charge in [-0.1, -0.05) is 12.1 Å². The number of aryl methyl sites for hydroxylation is 1. The Morgan fingerprint density at radius 2 is 1.76 bits per heavy atom. The lowest BCUT2D eigenvalue weighted by atomic mass is 10.1. The first-order valence-corrected chi connectivity index (χ1v) is 12.9. The van der Waals surface area contributed by atoms with Crippen LogP contribution in [0, 0.1) is 6.92 Å². The van der Waals surface area contributed by atoms with Gasteiger partial charge in [0.2, 0.25) is 5.95 Å². The number of carbonyl (C=O) groups excluding carboxylic acids is 1. The summed E-state index contributed by atoms with van der Waals surface area (Å²) in [6.45, 7) is 7.09. The molecular weight excluding hydrogens is 484 g/mol. The number of nitrogens with one attached hydrogen (secondary N) is 1. The molecule has 3 aromatic rings. The number of rotatable bonds is 7. The van der Waals surface area contributed by atoms with Crippen molar-refractivity contribution in [3.05, 3.63) is 65.4 Å². The Bertz CT molecular complexity index is 1270. The lowest BCUT2D eigenvalue weighted by Gasteiger charge is -2.31. The molecule has 0 radical (unpaired) electrons. The third-order valence-corrected chi connectivity index (χ3v) is 6.90. The van der Waals surface area contributed by atoms with E-state index < -0.39 is 0 Å². The normalized spacial score (nSPS) is 15.9. The van der Waals surface area contributed by atoms with Crippen LogP contribution < -0.4 is 15.1 Å². The summed E-state index contributed by atoms with van der Waals surface area (Å²) in [6, 6.07) is 13.5. The molecule has 200 valence electrons. The average molecular weight is 519 g/mol. The van der Waals surface area contributed by atoms with Crippen LogP contribution in [0.2, 0.25) is 0 Å². The van der Waals surface area contributed by atoms with Crippen molar-refractivity contribution in [1.82, 2.24) is 14.9 Å². The van der Waals surface area contributed by atoms with Crippen LogP contribution in [0.1, 0.15) is 21.5 Å². The molecule has 0 bridgehead atoms. The molecule has 1 amide bonds. The molecule has 0 atom stereocenters. The van der Waals surface area contributed by atoms with Crippen molar-refractivity contribution in [3.8, 4) is 0 Å². The summed E-state index contributed by atoms with van der Waals surface area (Å²) in [4.78, 5) is 28.6. The molecule has 10 nitrogen and oxygen atoms in total. The molecular formula is C28H34N6O4. The predicted molar refractivity (Wildman–Crippen MR) is 147 cm³/mol. The van der Waals surface area contributed by atoms with Gasteiger partial charge >= 0.3 is 0 Å². The lowest BCUT2D eigenvalue weighted by Crippen LogP contribution is -2.41. The molecule has 2 aromatic carbocycles. The zero-order chi connectivity index (χ0) is 26.5. The highest BCUT2D eigenvalue weighted by molar-refractivity contribution is 5.96. The number of ether oxygens (including phenoxy) is 2. The standard InChI is InChI=1S/C28H34N6O4/c1-20-3-4-21(19-35)15-25(20)32(2)26-5-6-29-28(31-26)30-23-16-22(27(36)34-9-13-38-14-10-34)17-24(18-23)33-7-11-37-12-8-33/h3-6,15-18,35H,7-14,19H2,1-2H3,(H,29,30,31). The van der Waals surface area contributed by atoms with E-state index in [-0.39, 0.29) is 12.5 Å². The van der Waals surface area contributed by atoms with Crippen LogP contribution in [0.25, 0.3) is 0 Å². The molecule has 0 aliphatic carbocycles. The van der Waals surface area contributed by atoms with Gasteiger partial charge in [0.1, 0.15) is 5.82 Å². The second kappa shape index (κ2) is 11.8. The molecule has 1 aromatic heterocycles. The summed E-state index contributed by atoms with van der Waals surface area (Å²) >= 11 is 0. The minimum Gasteiger partial charge on any atom is -0.392 e. The molecule has 2 aliphatic rings. The van der Waals surface area contributed by atoms with Crippen molar-refractivity contribution in [2.24, 2.45) is 0 Å². The smallest absolute Gasteiger partial charge is 0.254 e. The lowest BCUT2D eigenvalue weighted by molar-refractivity contribution is 0.0303. The van der Waals surface area contributed by atoms with E-state index in [1.54, 1.807) is 6.20 Å². The Balaban J connectivity index is 1.43. The molecule has 2 saturated heterocycles. The molecule has 2 N–H and O–H groups in total. The number of nitrogens with zero attached hydrogens (tertiary/aromatic N) is 5. The minimum absolute atomic E-state index is 0.0138. The van der Waals surface area contributed by atoms with Crippen LogP contribution >= 0.6 is 0 Å². The molecule has 0 saturated carbocycles. The number of anilines is 5. The number of hydrogen-bond donors (Lipinski definition) is 2. The summed E-state index contributed by atoms with van der Waals surface area (Å²) in [5.74, 6) is 1.11.